The lowest BCUT2D eigenvalue weighted by atomic mass is 9.89. The van der Waals surface area contributed by atoms with Crippen molar-refractivity contribution >= 4 is 17.3 Å². The maximum atomic E-state index is 12.5. The minimum Gasteiger partial charge on any atom is -0.490 e. The summed E-state index contributed by atoms with van der Waals surface area (Å²) in [5.41, 5.74) is 7.69. The topological polar surface area (TPSA) is 67.6 Å². The highest BCUT2D eigenvalue weighted by Crippen LogP contribution is 2.26. The predicted molar refractivity (Wildman–Crippen MR) is 133 cm³/mol. The van der Waals surface area contributed by atoms with E-state index in [4.69, 9.17) is 10.5 Å². The van der Waals surface area contributed by atoms with E-state index < -0.39 is 0 Å². The number of para-hydroxylation sites is 2. The number of nitrogens with two attached hydrogens (primary N) is 1. The van der Waals surface area contributed by atoms with E-state index in [9.17, 15) is 4.79 Å². The lowest BCUT2D eigenvalue weighted by Crippen LogP contribution is -2.32. The monoisotopic (exact) mass is 437 g/mol. The number of likely N-dealkylation sites (tertiary alicyclic amines) is 1. The van der Waals surface area contributed by atoms with Crippen LogP contribution in [0.1, 0.15) is 69.2 Å². The van der Waals surface area contributed by atoms with Crippen molar-refractivity contribution in [1.29, 1.82) is 0 Å². The molecule has 32 heavy (non-hydrogen) atoms. The number of carbonyl (C=O) groups excluding carboxylic acids is 1. The fraction of sp³-hybridized carbons (Fsp3) is 0.519. The number of benzene rings is 2. The number of amides is 1. The molecule has 174 valence electrons. The van der Waals surface area contributed by atoms with Crippen LogP contribution < -0.4 is 15.8 Å². The molecule has 0 bridgehead atoms. The SMILES string of the molecule is C.Nc1ccccc1NC(=O)c1ccc(O[C@H]2CCCN(CC3CCCCC3)CC2)cc1. The van der Waals surface area contributed by atoms with Crippen molar-refractivity contribution in [2.45, 2.75) is 64.9 Å². The Kier molecular flexibility index (Phi) is 8.98. The maximum Gasteiger partial charge on any atom is 0.255 e. The van der Waals surface area contributed by atoms with Gasteiger partial charge in [0.05, 0.1) is 17.5 Å². The van der Waals surface area contributed by atoms with Gasteiger partial charge in [-0.25, -0.2) is 0 Å². The molecule has 0 spiro atoms. The van der Waals surface area contributed by atoms with Gasteiger partial charge in [-0.15, -0.1) is 0 Å². The Balaban J connectivity index is 0.00000289. The van der Waals surface area contributed by atoms with Crippen molar-refractivity contribution in [3.63, 3.8) is 0 Å². The number of anilines is 2. The molecule has 1 amide bonds. The standard InChI is InChI=1S/C26H35N3O2.CH4/c27-24-10-4-5-11-25(24)28-26(30)21-12-14-23(15-13-21)31-22-9-6-17-29(18-16-22)19-20-7-2-1-3-8-20;/h4-5,10-15,20,22H,1-3,6-9,16-19,27H2,(H,28,30);1H4/t22-;/m0./s1. The summed E-state index contributed by atoms with van der Waals surface area (Å²) < 4.78 is 6.27. The van der Waals surface area contributed by atoms with E-state index >= 15 is 0 Å². The summed E-state index contributed by atoms with van der Waals surface area (Å²) in [5.74, 6) is 1.56. The third-order valence-electron chi connectivity index (χ3n) is 6.64. The Labute approximate surface area is 193 Å². The summed E-state index contributed by atoms with van der Waals surface area (Å²) in [6.07, 6.45) is 10.7. The Morgan fingerprint density at radius 3 is 2.44 bits per heavy atom. The molecule has 5 heteroatoms. The smallest absolute Gasteiger partial charge is 0.255 e. The second-order valence-corrected chi connectivity index (χ2v) is 9.04. The Bertz CT molecular complexity index is 846. The van der Waals surface area contributed by atoms with E-state index in [-0.39, 0.29) is 19.4 Å². The van der Waals surface area contributed by atoms with Crippen LogP contribution in [0.4, 0.5) is 11.4 Å². The molecule has 2 aliphatic rings. The van der Waals surface area contributed by atoms with Crippen LogP contribution in [0.15, 0.2) is 48.5 Å². The lowest BCUT2D eigenvalue weighted by Gasteiger charge is -2.28. The Morgan fingerprint density at radius 1 is 0.938 bits per heavy atom. The predicted octanol–water partition coefficient (Wildman–Crippen LogP) is 5.97. The van der Waals surface area contributed by atoms with Gasteiger partial charge in [0.25, 0.3) is 5.91 Å². The highest BCUT2D eigenvalue weighted by molar-refractivity contribution is 6.05. The first-order valence-electron chi connectivity index (χ1n) is 11.8. The molecule has 2 aromatic carbocycles. The molecule has 0 aromatic heterocycles. The molecular weight excluding hydrogens is 398 g/mol. The third-order valence-corrected chi connectivity index (χ3v) is 6.64. The van der Waals surface area contributed by atoms with Gasteiger partial charge in [-0.05, 0) is 81.0 Å². The molecule has 1 saturated carbocycles. The molecule has 1 saturated heterocycles. The number of nitrogens with one attached hydrogen (secondary N) is 1. The molecule has 1 atom stereocenters. The van der Waals surface area contributed by atoms with Gasteiger partial charge in [0.15, 0.2) is 0 Å². The van der Waals surface area contributed by atoms with Crippen LogP contribution in [-0.4, -0.2) is 36.5 Å². The van der Waals surface area contributed by atoms with Crippen LogP contribution in [0.25, 0.3) is 0 Å². The molecule has 1 aliphatic heterocycles. The summed E-state index contributed by atoms with van der Waals surface area (Å²) in [5, 5.41) is 2.86. The number of carbonyl (C=O) groups is 1. The highest BCUT2D eigenvalue weighted by atomic mass is 16.5. The molecule has 5 nitrogen and oxygen atoms in total. The van der Waals surface area contributed by atoms with Crippen LogP contribution in [0.5, 0.6) is 5.75 Å². The molecular formula is C27H39N3O2. The zero-order valence-corrected chi connectivity index (χ0v) is 18.4. The zero-order chi connectivity index (χ0) is 21.5. The summed E-state index contributed by atoms with van der Waals surface area (Å²) in [4.78, 5) is 15.2. The quantitative estimate of drug-likeness (QED) is 0.546. The highest BCUT2D eigenvalue weighted by Gasteiger charge is 2.22. The molecule has 2 aromatic rings. The van der Waals surface area contributed by atoms with E-state index in [0.29, 0.717) is 16.9 Å². The molecule has 3 N–H and O–H groups in total. The molecule has 1 heterocycles. The number of nitrogen functional groups attached to an aromatic ring is 1. The van der Waals surface area contributed by atoms with E-state index in [1.165, 1.54) is 51.6 Å². The summed E-state index contributed by atoms with van der Waals surface area (Å²) in [6, 6.07) is 14.7. The first-order chi connectivity index (χ1) is 15.2. The first-order valence-corrected chi connectivity index (χ1v) is 11.8. The van der Waals surface area contributed by atoms with Crippen LogP contribution >= 0.6 is 0 Å². The second kappa shape index (κ2) is 11.9. The molecule has 2 fully saturated rings. The molecule has 1 aliphatic carbocycles. The van der Waals surface area contributed by atoms with E-state index in [0.717, 1.165) is 31.1 Å². The van der Waals surface area contributed by atoms with Gasteiger partial charge < -0.3 is 20.7 Å². The number of nitrogens with zero attached hydrogens (tertiary/aromatic N) is 1. The van der Waals surface area contributed by atoms with Crippen molar-refractivity contribution in [3.8, 4) is 5.75 Å². The summed E-state index contributed by atoms with van der Waals surface area (Å²) >= 11 is 0. The van der Waals surface area contributed by atoms with Gasteiger partial charge in [0.2, 0.25) is 0 Å². The van der Waals surface area contributed by atoms with Gasteiger partial charge in [-0.2, -0.15) is 0 Å². The molecule has 0 unspecified atom stereocenters. The third kappa shape index (κ3) is 6.73. The van der Waals surface area contributed by atoms with Crippen molar-refractivity contribution in [3.05, 3.63) is 54.1 Å². The van der Waals surface area contributed by atoms with Crippen LogP contribution in [-0.2, 0) is 0 Å². The summed E-state index contributed by atoms with van der Waals surface area (Å²) in [7, 11) is 0. The number of hydrogen-bond acceptors (Lipinski definition) is 4. The van der Waals surface area contributed by atoms with E-state index in [2.05, 4.69) is 10.2 Å². The van der Waals surface area contributed by atoms with Crippen LogP contribution in [0.3, 0.4) is 0 Å². The Hall–Kier alpha value is -2.53. The minimum atomic E-state index is -0.169. The van der Waals surface area contributed by atoms with Gasteiger partial charge >= 0.3 is 0 Å². The van der Waals surface area contributed by atoms with Crippen molar-refractivity contribution in [2.75, 3.05) is 30.7 Å². The van der Waals surface area contributed by atoms with Gasteiger partial charge in [-0.1, -0.05) is 38.8 Å². The van der Waals surface area contributed by atoms with Crippen molar-refractivity contribution in [2.24, 2.45) is 5.92 Å². The van der Waals surface area contributed by atoms with Gasteiger partial charge in [0.1, 0.15) is 5.75 Å². The normalized spacial score (nSPS) is 20.1. The number of hydrogen-bond donors (Lipinski definition) is 2. The fourth-order valence-corrected chi connectivity index (χ4v) is 4.84. The lowest BCUT2D eigenvalue weighted by molar-refractivity contribution is 0.102. The second-order valence-electron chi connectivity index (χ2n) is 9.04. The van der Waals surface area contributed by atoms with Crippen LogP contribution in [0.2, 0.25) is 0 Å². The van der Waals surface area contributed by atoms with E-state index in [1.807, 2.05) is 36.4 Å². The maximum absolute atomic E-state index is 12.5. The van der Waals surface area contributed by atoms with Crippen molar-refractivity contribution in [1.82, 2.24) is 4.90 Å². The van der Waals surface area contributed by atoms with Crippen molar-refractivity contribution < 1.29 is 9.53 Å². The fourth-order valence-electron chi connectivity index (χ4n) is 4.84. The van der Waals surface area contributed by atoms with Gasteiger partial charge in [-0.3, -0.25) is 4.79 Å². The van der Waals surface area contributed by atoms with Crippen LogP contribution in [0, 0.1) is 5.92 Å². The average molecular weight is 438 g/mol. The minimum absolute atomic E-state index is 0. The number of ether oxygens (including phenoxy) is 1. The Morgan fingerprint density at radius 2 is 1.69 bits per heavy atom. The summed E-state index contributed by atoms with van der Waals surface area (Å²) in [6.45, 7) is 3.58. The van der Waals surface area contributed by atoms with E-state index in [1.54, 1.807) is 12.1 Å². The largest absolute Gasteiger partial charge is 0.490 e. The van der Waals surface area contributed by atoms with Gasteiger partial charge in [0, 0.05) is 18.7 Å². The first kappa shape index (κ1) is 24.1. The zero-order valence-electron chi connectivity index (χ0n) is 18.4. The molecule has 0 radical (unpaired) electrons. The molecule has 4 rings (SSSR count). The number of rotatable bonds is 6. The average Bonchev–Trinajstić information content (AvgIpc) is 3.01.